The van der Waals surface area contributed by atoms with Gasteiger partial charge in [0.05, 0.1) is 0 Å². The molecule has 2 aliphatic rings. The van der Waals surface area contributed by atoms with Crippen molar-refractivity contribution in [3.05, 3.63) is 12.2 Å². The van der Waals surface area contributed by atoms with Crippen LogP contribution in [-0.4, -0.2) is 5.78 Å². The minimum atomic E-state index is 0.00694. The van der Waals surface area contributed by atoms with Gasteiger partial charge < -0.3 is 0 Å². The van der Waals surface area contributed by atoms with Gasteiger partial charge >= 0.3 is 0 Å². The van der Waals surface area contributed by atoms with Gasteiger partial charge in [-0.25, -0.2) is 0 Å². The Bertz CT molecular complexity index is 229. The molecule has 0 N–H and O–H groups in total. The highest BCUT2D eigenvalue weighted by Crippen LogP contribution is 2.45. The summed E-state index contributed by atoms with van der Waals surface area (Å²) in [5, 5.41) is 0. The SMILES string of the molecule is C[C@]12CCC=C[C@@H]1CCCC2=O. The molecule has 0 radical (unpaired) electrons. The summed E-state index contributed by atoms with van der Waals surface area (Å²) >= 11 is 0. The maximum Gasteiger partial charge on any atom is 0.139 e. The van der Waals surface area contributed by atoms with Crippen molar-refractivity contribution in [1.29, 1.82) is 0 Å². The minimum absolute atomic E-state index is 0.00694. The van der Waals surface area contributed by atoms with E-state index < -0.39 is 0 Å². The van der Waals surface area contributed by atoms with Crippen molar-refractivity contribution >= 4 is 5.78 Å². The molecule has 0 aromatic carbocycles. The smallest absolute Gasteiger partial charge is 0.139 e. The van der Waals surface area contributed by atoms with Crippen LogP contribution in [0.5, 0.6) is 0 Å². The molecule has 0 spiro atoms. The molecule has 12 heavy (non-hydrogen) atoms. The van der Waals surface area contributed by atoms with E-state index in [4.69, 9.17) is 0 Å². The van der Waals surface area contributed by atoms with Gasteiger partial charge in [0, 0.05) is 11.8 Å². The Morgan fingerprint density at radius 2 is 2.42 bits per heavy atom. The molecular weight excluding hydrogens is 148 g/mol. The lowest BCUT2D eigenvalue weighted by atomic mass is 9.62. The molecule has 0 aromatic rings. The summed E-state index contributed by atoms with van der Waals surface area (Å²) in [6.45, 7) is 2.16. The molecule has 2 atom stereocenters. The number of fused-ring (bicyclic) bond motifs is 1. The highest BCUT2D eigenvalue weighted by molar-refractivity contribution is 5.86. The standard InChI is InChI=1S/C11H16O/c1-11-8-3-2-5-9(11)6-4-7-10(11)12/h2,5,9H,3-4,6-8H2,1H3/t9-,11+/m1/s1. The molecule has 2 aliphatic carbocycles. The van der Waals surface area contributed by atoms with E-state index in [0.29, 0.717) is 11.7 Å². The zero-order valence-corrected chi connectivity index (χ0v) is 7.68. The molecule has 0 unspecified atom stereocenters. The first kappa shape index (κ1) is 8.03. The van der Waals surface area contributed by atoms with Crippen LogP contribution in [0.1, 0.15) is 39.0 Å². The fraction of sp³-hybridized carbons (Fsp3) is 0.727. The van der Waals surface area contributed by atoms with Gasteiger partial charge in [-0.2, -0.15) is 0 Å². The van der Waals surface area contributed by atoms with Crippen LogP contribution in [0, 0.1) is 11.3 Å². The van der Waals surface area contributed by atoms with Crippen molar-refractivity contribution in [2.45, 2.75) is 39.0 Å². The van der Waals surface area contributed by atoms with Gasteiger partial charge in [0.25, 0.3) is 0 Å². The van der Waals surface area contributed by atoms with Crippen LogP contribution in [0.25, 0.3) is 0 Å². The van der Waals surface area contributed by atoms with Gasteiger partial charge in [0.1, 0.15) is 5.78 Å². The van der Waals surface area contributed by atoms with Crippen molar-refractivity contribution in [2.75, 3.05) is 0 Å². The summed E-state index contributed by atoms with van der Waals surface area (Å²) in [5.41, 5.74) is 0.00694. The normalized spacial score (nSPS) is 41.1. The van der Waals surface area contributed by atoms with Crippen LogP contribution in [0.3, 0.4) is 0 Å². The van der Waals surface area contributed by atoms with E-state index in [9.17, 15) is 4.79 Å². The molecule has 0 aliphatic heterocycles. The van der Waals surface area contributed by atoms with E-state index in [2.05, 4.69) is 19.1 Å². The number of rotatable bonds is 0. The first-order valence-corrected chi connectivity index (χ1v) is 4.93. The molecule has 0 aromatic heterocycles. The van der Waals surface area contributed by atoms with E-state index in [-0.39, 0.29) is 5.41 Å². The number of allylic oxidation sites excluding steroid dienone is 2. The van der Waals surface area contributed by atoms with Gasteiger partial charge in [-0.1, -0.05) is 19.1 Å². The molecule has 66 valence electrons. The number of Topliss-reactive ketones (excluding diaryl/α,β-unsaturated/α-hetero) is 1. The zero-order chi connectivity index (χ0) is 8.60. The van der Waals surface area contributed by atoms with Crippen LogP contribution < -0.4 is 0 Å². The van der Waals surface area contributed by atoms with Gasteiger partial charge in [-0.05, 0) is 31.6 Å². The predicted molar refractivity (Wildman–Crippen MR) is 48.8 cm³/mol. The maximum atomic E-state index is 11.7. The second-order valence-corrected chi connectivity index (χ2v) is 4.31. The molecule has 1 saturated carbocycles. The fourth-order valence-corrected chi connectivity index (χ4v) is 2.57. The van der Waals surface area contributed by atoms with Gasteiger partial charge in [-0.3, -0.25) is 4.79 Å². The molecule has 0 heterocycles. The summed E-state index contributed by atoms with van der Waals surface area (Å²) in [4.78, 5) is 11.7. The lowest BCUT2D eigenvalue weighted by molar-refractivity contribution is -0.133. The third kappa shape index (κ3) is 1.03. The first-order valence-electron chi connectivity index (χ1n) is 4.93. The van der Waals surface area contributed by atoms with Crippen molar-refractivity contribution < 1.29 is 4.79 Å². The largest absolute Gasteiger partial charge is 0.299 e. The Labute approximate surface area is 73.8 Å². The molecule has 1 fully saturated rings. The van der Waals surface area contributed by atoms with Crippen LogP contribution in [0.4, 0.5) is 0 Å². The number of carbonyl (C=O) groups is 1. The molecule has 1 heteroatoms. The number of ketones is 1. The monoisotopic (exact) mass is 164 g/mol. The summed E-state index contributed by atoms with van der Waals surface area (Å²) in [6.07, 6.45) is 9.82. The summed E-state index contributed by atoms with van der Waals surface area (Å²) < 4.78 is 0. The Balaban J connectivity index is 2.29. The summed E-state index contributed by atoms with van der Waals surface area (Å²) in [5.74, 6) is 1.05. The van der Waals surface area contributed by atoms with Gasteiger partial charge in [0.2, 0.25) is 0 Å². The van der Waals surface area contributed by atoms with E-state index >= 15 is 0 Å². The van der Waals surface area contributed by atoms with Crippen LogP contribution in [0.15, 0.2) is 12.2 Å². The summed E-state index contributed by atoms with van der Waals surface area (Å²) in [7, 11) is 0. The Hall–Kier alpha value is -0.590. The topological polar surface area (TPSA) is 17.1 Å². The third-order valence-corrected chi connectivity index (χ3v) is 3.57. The highest BCUT2D eigenvalue weighted by Gasteiger charge is 2.42. The number of hydrogen-bond acceptors (Lipinski definition) is 1. The molecular formula is C11H16O. The van der Waals surface area contributed by atoms with E-state index in [0.717, 1.165) is 25.7 Å². The molecule has 0 saturated heterocycles. The fourth-order valence-electron chi connectivity index (χ4n) is 2.57. The lowest BCUT2D eigenvalue weighted by Crippen LogP contribution is -2.39. The minimum Gasteiger partial charge on any atom is -0.299 e. The predicted octanol–water partition coefficient (Wildman–Crippen LogP) is 2.71. The van der Waals surface area contributed by atoms with E-state index in [1.807, 2.05) is 0 Å². The van der Waals surface area contributed by atoms with Crippen LogP contribution in [-0.2, 0) is 4.79 Å². The first-order chi connectivity index (χ1) is 5.73. The molecule has 0 amide bonds. The number of hydrogen-bond donors (Lipinski definition) is 0. The highest BCUT2D eigenvalue weighted by atomic mass is 16.1. The lowest BCUT2D eigenvalue weighted by Gasteiger charge is -2.40. The average molecular weight is 164 g/mol. The molecule has 0 bridgehead atoms. The second-order valence-electron chi connectivity index (χ2n) is 4.31. The Morgan fingerprint density at radius 3 is 3.17 bits per heavy atom. The average Bonchev–Trinajstić information content (AvgIpc) is 2.07. The third-order valence-electron chi connectivity index (χ3n) is 3.57. The molecule has 2 rings (SSSR count). The Morgan fingerprint density at radius 1 is 1.58 bits per heavy atom. The van der Waals surface area contributed by atoms with Gasteiger partial charge in [0.15, 0.2) is 0 Å². The van der Waals surface area contributed by atoms with Gasteiger partial charge in [-0.15, -0.1) is 0 Å². The van der Waals surface area contributed by atoms with Crippen LogP contribution in [0.2, 0.25) is 0 Å². The van der Waals surface area contributed by atoms with Crippen molar-refractivity contribution in [1.82, 2.24) is 0 Å². The maximum absolute atomic E-state index is 11.7. The quantitative estimate of drug-likeness (QED) is 0.503. The van der Waals surface area contributed by atoms with E-state index in [1.54, 1.807) is 0 Å². The van der Waals surface area contributed by atoms with Crippen molar-refractivity contribution in [2.24, 2.45) is 11.3 Å². The number of carbonyl (C=O) groups excluding carboxylic acids is 1. The second kappa shape index (κ2) is 2.72. The van der Waals surface area contributed by atoms with Crippen molar-refractivity contribution in [3.63, 3.8) is 0 Å². The Kier molecular flexibility index (Phi) is 1.82. The zero-order valence-electron chi connectivity index (χ0n) is 7.68. The van der Waals surface area contributed by atoms with Crippen LogP contribution >= 0.6 is 0 Å². The summed E-state index contributed by atoms with van der Waals surface area (Å²) in [6, 6.07) is 0. The van der Waals surface area contributed by atoms with E-state index in [1.165, 1.54) is 6.42 Å². The van der Waals surface area contributed by atoms with Crippen molar-refractivity contribution in [3.8, 4) is 0 Å². The molecule has 1 nitrogen and oxygen atoms in total.